The molecule has 0 aliphatic carbocycles. The van der Waals surface area contributed by atoms with Crippen molar-refractivity contribution in [3.05, 3.63) is 47.0 Å². The van der Waals surface area contributed by atoms with Crippen LogP contribution in [0, 0.1) is 0 Å². The third-order valence-corrected chi connectivity index (χ3v) is 3.30. The van der Waals surface area contributed by atoms with Crippen molar-refractivity contribution in [1.82, 2.24) is 0 Å². The fourth-order valence-electron chi connectivity index (χ4n) is 2.16. The minimum Gasteiger partial charge on any atom is -0.486 e. The summed E-state index contributed by atoms with van der Waals surface area (Å²) in [6, 6.07) is 10.2. The van der Waals surface area contributed by atoms with Gasteiger partial charge in [-0.15, -0.1) is 0 Å². The van der Waals surface area contributed by atoms with Crippen molar-refractivity contribution in [3.63, 3.8) is 0 Å². The van der Waals surface area contributed by atoms with Gasteiger partial charge in [-0.2, -0.15) is 0 Å². The van der Waals surface area contributed by atoms with Crippen LogP contribution in [0.3, 0.4) is 0 Å². The molecule has 1 aliphatic heterocycles. The van der Waals surface area contributed by atoms with Gasteiger partial charge in [-0.25, -0.2) is 4.79 Å². The fraction of sp³-hybridized carbons (Fsp3) is 0.133. The molecule has 0 atom stereocenters. The number of carboxylic acid groups (broad SMARTS) is 1. The fourth-order valence-corrected chi connectivity index (χ4v) is 2.33. The van der Waals surface area contributed by atoms with Crippen molar-refractivity contribution in [3.8, 4) is 22.6 Å². The molecule has 1 aliphatic rings. The normalized spacial score (nSPS) is 13.1. The first-order valence-corrected chi connectivity index (χ1v) is 6.46. The molecule has 3 rings (SSSR count). The molecule has 0 unspecified atom stereocenters. The topological polar surface area (TPSA) is 55.8 Å². The lowest BCUT2D eigenvalue weighted by Crippen LogP contribution is -2.15. The Kier molecular flexibility index (Phi) is 3.24. The zero-order valence-electron chi connectivity index (χ0n) is 10.4. The third kappa shape index (κ3) is 2.30. The summed E-state index contributed by atoms with van der Waals surface area (Å²) in [4.78, 5) is 11.3. The molecule has 0 aromatic heterocycles. The first-order chi connectivity index (χ1) is 9.65. The maximum absolute atomic E-state index is 11.3. The quantitative estimate of drug-likeness (QED) is 0.920. The first kappa shape index (κ1) is 12.8. The largest absolute Gasteiger partial charge is 0.486 e. The van der Waals surface area contributed by atoms with Crippen LogP contribution in [-0.2, 0) is 0 Å². The molecule has 20 heavy (non-hydrogen) atoms. The van der Waals surface area contributed by atoms with E-state index in [9.17, 15) is 9.90 Å². The maximum atomic E-state index is 11.3. The Morgan fingerprint density at radius 3 is 2.55 bits per heavy atom. The average Bonchev–Trinajstić information content (AvgIpc) is 2.46. The lowest BCUT2D eigenvalue weighted by Gasteiger charge is -2.19. The molecule has 2 aromatic rings. The van der Waals surface area contributed by atoms with Gasteiger partial charge in [0.25, 0.3) is 0 Å². The smallest absolute Gasteiger partial charge is 0.336 e. The first-order valence-electron chi connectivity index (χ1n) is 6.08. The lowest BCUT2D eigenvalue weighted by molar-refractivity contribution is 0.0697. The Morgan fingerprint density at radius 2 is 1.80 bits per heavy atom. The molecule has 0 bridgehead atoms. The number of carboxylic acids is 1. The highest BCUT2D eigenvalue weighted by atomic mass is 35.5. The molecule has 102 valence electrons. The van der Waals surface area contributed by atoms with Crippen LogP contribution in [0.1, 0.15) is 10.4 Å². The predicted octanol–water partition coefficient (Wildman–Crippen LogP) is 3.48. The average molecular weight is 291 g/mol. The number of rotatable bonds is 2. The number of aromatic carboxylic acids is 1. The minimum atomic E-state index is -1.02. The Morgan fingerprint density at radius 1 is 1.05 bits per heavy atom. The van der Waals surface area contributed by atoms with Crippen LogP contribution in [-0.4, -0.2) is 24.3 Å². The van der Waals surface area contributed by atoms with E-state index in [4.69, 9.17) is 21.1 Å². The molecule has 2 aromatic carbocycles. The number of hydrogen-bond acceptors (Lipinski definition) is 3. The summed E-state index contributed by atoms with van der Waals surface area (Å²) in [5.41, 5.74) is 1.51. The Balaban J connectivity index is 2.11. The van der Waals surface area contributed by atoms with Gasteiger partial charge in [0.1, 0.15) is 13.2 Å². The van der Waals surface area contributed by atoms with E-state index in [1.807, 2.05) is 6.07 Å². The van der Waals surface area contributed by atoms with E-state index in [0.29, 0.717) is 35.3 Å². The van der Waals surface area contributed by atoms with Gasteiger partial charge in [-0.3, -0.25) is 0 Å². The summed E-state index contributed by atoms with van der Waals surface area (Å²) in [6.07, 6.45) is 0. The number of ether oxygens (including phenoxy) is 2. The van der Waals surface area contributed by atoms with E-state index in [2.05, 4.69) is 0 Å². The van der Waals surface area contributed by atoms with Crippen LogP contribution in [0.15, 0.2) is 36.4 Å². The van der Waals surface area contributed by atoms with Crippen molar-refractivity contribution in [2.24, 2.45) is 0 Å². The standard InChI is InChI=1S/C15H11ClO4/c16-10-2-3-11(12(8-10)15(17)18)9-1-4-13-14(7-9)20-6-5-19-13/h1-4,7-8H,5-6H2,(H,17,18). The van der Waals surface area contributed by atoms with Gasteiger partial charge in [0.2, 0.25) is 0 Å². The molecule has 0 fully saturated rings. The summed E-state index contributed by atoms with van der Waals surface area (Å²) in [5.74, 6) is 0.281. The molecule has 0 saturated carbocycles. The highest BCUT2D eigenvalue weighted by Crippen LogP contribution is 2.36. The predicted molar refractivity (Wildman–Crippen MR) is 74.8 cm³/mol. The van der Waals surface area contributed by atoms with Crippen LogP contribution in [0.2, 0.25) is 5.02 Å². The Hall–Kier alpha value is -2.20. The van der Waals surface area contributed by atoms with E-state index in [0.717, 1.165) is 5.56 Å². The van der Waals surface area contributed by atoms with Gasteiger partial charge in [-0.05, 0) is 35.4 Å². The Labute approximate surface area is 120 Å². The second-order valence-electron chi connectivity index (χ2n) is 4.35. The van der Waals surface area contributed by atoms with E-state index in [1.165, 1.54) is 6.07 Å². The number of carbonyl (C=O) groups is 1. The van der Waals surface area contributed by atoms with Crippen LogP contribution in [0.4, 0.5) is 0 Å². The van der Waals surface area contributed by atoms with Crippen LogP contribution >= 0.6 is 11.6 Å². The van der Waals surface area contributed by atoms with Gasteiger partial charge in [-0.1, -0.05) is 23.7 Å². The summed E-state index contributed by atoms with van der Waals surface area (Å²) in [6.45, 7) is 1.01. The zero-order valence-corrected chi connectivity index (χ0v) is 11.2. The summed E-state index contributed by atoms with van der Waals surface area (Å²) in [5, 5.41) is 9.67. The number of hydrogen-bond donors (Lipinski definition) is 1. The van der Waals surface area contributed by atoms with Gasteiger partial charge in [0, 0.05) is 5.02 Å². The van der Waals surface area contributed by atoms with Crippen LogP contribution in [0.25, 0.3) is 11.1 Å². The van der Waals surface area contributed by atoms with Crippen molar-refractivity contribution < 1.29 is 19.4 Å². The van der Waals surface area contributed by atoms with E-state index < -0.39 is 5.97 Å². The highest BCUT2D eigenvalue weighted by molar-refractivity contribution is 6.31. The number of benzene rings is 2. The second kappa shape index (κ2) is 5.06. The third-order valence-electron chi connectivity index (χ3n) is 3.07. The highest BCUT2D eigenvalue weighted by Gasteiger charge is 2.16. The van der Waals surface area contributed by atoms with Gasteiger partial charge in [0.15, 0.2) is 11.5 Å². The van der Waals surface area contributed by atoms with Gasteiger partial charge < -0.3 is 14.6 Å². The molecule has 0 radical (unpaired) electrons. The minimum absolute atomic E-state index is 0.161. The maximum Gasteiger partial charge on any atom is 0.336 e. The second-order valence-corrected chi connectivity index (χ2v) is 4.79. The molecule has 0 amide bonds. The van der Waals surface area contributed by atoms with Crippen LogP contribution < -0.4 is 9.47 Å². The summed E-state index contributed by atoms with van der Waals surface area (Å²) < 4.78 is 11.0. The van der Waals surface area contributed by atoms with Crippen molar-refractivity contribution in [2.75, 3.05) is 13.2 Å². The number of halogens is 1. The monoisotopic (exact) mass is 290 g/mol. The lowest BCUT2D eigenvalue weighted by atomic mass is 9.99. The molecule has 5 heteroatoms. The van der Waals surface area contributed by atoms with Crippen molar-refractivity contribution in [2.45, 2.75) is 0 Å². The molecule has 4 nitrogen and oxygen atoms in total. The molecule has 0 saturated heterocycles. The molecule has 1 heterocycles. The van der Waals surface area contributed by atoms with E-state index in [1.54, 1.807) is 24.3 Å². The van der Waals surface area contributed by atoms with E-state index >= 15 is 0 Å². The zero-order chi connectivity index (χ0) is 14.1. The molecule has 0 spiro atoms. The van der Waals surface area contributed by atoms with Gasteiger partial charge >= 0.3 is 5.97 Å². The van der Waals surface area contributed by atoms with Crippen LogP contribution in [0.5, 0.6) is 11.5 Å². The SMILES string of the molecule is O=C(O)c1cc(Cl)ccc1-c1ccc2c(c1)OCCO2. The van der Waals surface area contributed by atoms with Gasteiger partial charge in [0.05, 0.1) is 5.56 Å². The van der Waals surface area contributed by atoms with Crippen molar-refractivity contribution in [1.29, 1.82) is 0 Å². The summed E-state index contributed by atoms with van der Waals surface area (Å²) in [7, 11) is 0. The van der Waals surface area contributed by atoms with E-state index in [-0.39, 0.29) is 5.56 Å². The molecule has 1 N–H and O–H groups in total. The summed E-state index contributed by atoms with van der Waals surface area (Å²) >= 11 is 5.86. The Bertz CT molecular complexity index is 682. The molecular weight excluding hydrogens is 280 g/mol. The number of fused-ring (bicyclic) bond motifs is 1. The van der Waals surface area contributed by atoms with Crippen molar-refractivity contribution >= 4 is 17.6 Å². The molecular formula is C15H11ClO4.